The topological polar surface area (TPSA) is 55.6 Å². The number of nitrogen functional groups attached to an aromatic ring is 1. The fourth-order valence-electron chi connectivity index (χ4n) is 2.06. The maximum absolute atomic E-state index is 11.8. The van der Waals surface area contributed by atoms with Gasteiger partial charge in [-0.25, -0.2) is 0 Å². The number of aryl methyl sites for hydroxylation is 1. The van der Waals surface area contributed by atoms with Crippen molar-refractivity contribution in [2.24, 2.45) is 0 Å². The lowest BCUT2D eigenvalue weighted by atomic mass is 10.0. The molecule has 2 N–H and O–H groups in total. The second kappa shape index (κ2) is 3.40. The van der Waals surface area contributed by atoms with Crippen molar-refractivity contribution in [3.05, 3.63) is 17.2 Å². The number of fused-ring (bicyclic) bond motifs is 1. The van der Waals surface area contributed by atoms with E-state index in [-0.39, 0.29) is 5.91 Å². The molecule has 1 atom stereocenters. The number of nitrogens with zero attached hydrogens (tertiary/aromatic N) is 1. The molecule has 1 heterocycles. The van der Waals surface area contributed by atoms with Gasteiger partial charge in [0.05, 0.1) is 5.69 Å². The highest BCUT2D eigenvalue weighted by Crippen LogP contribution is 2.41. The molecule has 86 valence electrons. The van der Waals surface area contributed by atoms with Gasteiger partial charge in [0, 0.05) is 12.7 Å². The highest BCUT2D eigenvalue weighted by atomic mass is 16.5. The Morgan fingerprint density at radius 3 is 2.69 bits per heavy atom. The van der Waals surface area contributed by atoms with E-state index in [1.807, 2.05) is 19.9 Å². The van der Waals surface area contributed by atoms with Crippen LogP contribution in [0.5, 0.6) is 5.75 Å². The maximum Gasteiger partial charge on any atom is 0.267 e. The van der Waals surface area contributed by atoms with Gasteiger partial charge in [-0.1, -0.05) is 0 Å². The molecule has 1 aromatic rings. The Bertz CT molecular complexity index is 469. The van der Waals surface area contributed by atoms with Crippen molar-refractivity contribution in [1.29, 1.82) is 0 Å². The average molecular weight is 220 g/mol. The normalized spacial score (nSPS) is 19.4. The third kappa shape index (κ3) is 1.33. The Balaban J connectivity index is 2.70. The molecular weight excluding hydrogens is 204 g/mol. The lowest BCUT2D eigenvalue weighted by molar-refractivity contribution is -0.125. The number of benzene rings is 1. The summed E-state index contributed by atoms with van der Waals surface area (Å²) in [5.74, 6) is 0.724. The molecule has 0 bridgehead atoms. The van der Waals surface area contributed by atoms with E-state index in [0.717, 1.165) is 22.6 Å². The van der Waals surface area contributed by atoms with Crippen molar-refractivity contribution in [3.8, 4) is 5.75 Å². The number of rotatable bonds is 0. The fourth-order valence-corrected chi connectivity index (χ4v) is 2.06. The number of carbonyl (C=O) groups excluding carboxylic acids is 1. The third-order valence-corrected chi connectivity index (χ3v) is 3.04. The lowest BCUT2D eigenvalue weighted by Gasteiger charge is -2.33. The van der Waals surface area contributed by atoms with Crippen LogP contribution in [0.2, 0.25) is 0 Å². The average Bonchev–Trinajstić information content (AvgIpc) is 2.22. The van der Waals surface area contributed by atoms with Crippen molar-refractivity contribution < 1.29 is 9.53 Å². The first-order chi connectivity index (χ1) is 7.43. The summed E-state index contributed by atoms with van der Waals surface area (Å²) < 4.78 is 5.63. The second-order valence-electron chi connectivity index (χ2n) is 4.24. The second-order valence-corrected chi connectivity index (χ2v) is 4.24. The summed E-state index contributed by atoms with van der Waals surface area (Å²) in [7, 11) is 1.76. The molecule has 0 radical (unpaired) electrons. The van der Waals surface area contributed by atoms with Crippen molar-refractivity contribution in [2.45, 2.75) is 26.9 Å². The van der Waals surface area contributed by atoms with Crippen LogP contribution in [-0.4, -0.2) is 19.1 Å². The molecule has 0 aliphatic carbocycles. The van der Waals surface area contributed by atoms with Gasteiger partial charge in [-0.15, -0.1) is 0 Å². The smallest absolute Gasteiger partial charge is 0.267 e. The molecule has 1 aliphatic heterocycles. The Labute approximate surface area is 95.0 Å². The Morgan fingerprint density at radius 1 is 1.44 bits per heavy atom. The van der Waals surface area contributed by atoms with Crippen LogP contribution >= 0.6 is 0 Å². The standard InChI is InChI=1S/C12H16N2O2/c1-6-5-9(13)7(2)10-11(6)16-8(3)12(15)14(10)4/h5,8H,13H2,1-4H3. The molecular formula is C12H16N2O2. The molecule has 1 amide bonds. The van der Waals surface area contributed by atoms with Crippen LogP contribution in [0.4, 0.5) is 11.4 Å². The summed E-state index contributed by atoms with van der Waals surface area (Å²) >= 11 is 0. The third-order valence-electron chi connectivity index (χ3n) is 3.04. The number of carbonyl (C=O) groups is 1. The summed E-state index contributed by atoms with van der Waals surface area (Å²) in [5, 5.41) is 0. The minimum Gasteiger partial charge on any atom is -0.478 e. The molecule has 1 unspecified atom stereocenters. The number of likely N-dealkylation sites (N-methyl/N-ethyl adjacent to an activating group) is 1. The van der Waals surface area contributed by atoms with Crippen LogP contribution in [0, 0.1) is 13.8 Å². The molecule has 4 nitrogen and oxygen atoms in total. The monoisotopic (exact) mass is 220 g/mol. The zero-order valence-electron chi connectivity index (χ0n) is 10.00. The van der Waals surface area contributed by atoms with E-state index < -0.39 is 6.10 Å². The first-order valence-corrected chi connectivity index (χ1v) is 5.27. The zero-order chi connectivity index (χ0) is 12.0. The minimum atomic E-state index is -0.431. The summed E-state index contributed by atoms with van der Waals surface area (Å²) in [5.41, 5.74) is 9.23. The van der Waals surface area contributed by atoms with E-state index in [0.29, 0.717) is 5.69 Å². The van der Waals surface area contributed by atoms with Gasteiger partial charge in [0.25, 0.3) is 5.91 Å². The van der Waals surface area contributed by atoms with Crippen LogP contribution in [0.25, 0.3) is 0 Å². The predicted molar refractivity (Wildman–Crippen MR) is 63.8 cm³/mol. The molecule has 0 saturated carbocycles. The van der Waals surface area contributed by atoms with Crippen molar-refractivity contribution in [2.75, 3.05) is 17.7 Å². The van der Waals surface area contributed by atoms with Gasteiger partial charge in [0.15, 0.2) is 6.10 Å². The number of hydrogen-bond acceptors (Lipinski definition) is 3. The van der Waals surface area contributed by atoms with E-state index in [2.05, 4.69) is 0 Å². The van der Waals surface area contributed by atoms with Crippen LogP contribution in [0.15, 0.2) is 6.07 Å². The molecule has 0 fully saturated rings. The molecule has 1 aromatic carbocycles. The molecule has 0 spiro atoms. The maximum atomic E-state index is 11.8. The van der Waals surface area contributed by atoms with Gasteiger partial charge in [-0.3, -0.25) is 4.79 Å². The summed E-state index contributed by atoms with van der Waals surface area (Å²) in [4.78, 5) is 13.4. The minimum absolute atomic E-state index is 0.0411. The summed E-state index contributed by atoms with van der Waals surface area (Å²) in [6.07, 6.45) is -0.431. The fraction of sp³-hybridized carbons (Fsp3) is 0.417. The van der Waals surface area contributed by atoms with E-state index in [1.54, 1.807) is 18.9 Å². The lowest BCUT2D eigenvalue weighted by Crippen LogP contribution is -2.42. The first kappa shape index (κ1) is 10.8. The Morgan fingerprint density at radius 2 is 2.06 bits per heavy atom. The number of nitrogens with two attached hydrogens (primary N) is 1. The summed E-state index contributed by atoms with van der Waals surface area (Å²) in [6, 6.07) is 1.88. The summed E-state index contributed by atoms with van der Waals surface area (Å²) in [6.45, 7) is 5.59. The van der Waals surface area contributed by atoms with Crippen molar-refractivity contribution >= 4 is 17.3 Å². The first-order valence-electron chi connectivity index (χ1n) is 5.27. The molecule has 2 rings (SSSR count). The highest BCUT2D eigenvalue weighted by molar-refractivity contribution is 6.01. The van der Waals surface area contributed by atoms with Crippen LogP contribution in [-0.2, 0) is 4.79 Å². The van der Waals surface area contributed by atoms with E-state index in [9.17, 15) is 4.79 Å². The van der Waals surface area contributed by atoms with Gasteiger partial charge in [-0.2, -0.15) is 0 Å². The van der Waals surface area contributed by atoms with Gasteiger partial charge < -0.3 is 15.4 Å². The largest absolute Gasteiger partial charge is 0.478 e. The molecule has 0 aromatic heterocycles. The van der Waals surface area contributed by atoms with E-state index in [4.69, 9.17) is 10.5 Å². The van der Waals surface area contributed by atoms with Gasteiger partial charge in [-0.05, 0) is 38.0 Å². The van der Waals surface area contributed by atoms with E-state index >= 15 is 0 Å². The zero-order valence-corrected chi connectivity index (χ0v) is 10.00. The quantitative estimate of drug-likeness (QED) is 0.676. The number of hydrogen-bond donors (Lipinski definition) is 1. The molecule has 4 heteroatoms. The van der Waals surface area contributed by atoms with Gasteiger partial charge >= 0.3 is 0 Å². The molecule has 16 heavy (non-hydrogen) atoms. The van der Waals surface area contributed by atoms with Crippen LogP contribution < -0.4 is 15.4 Å². The van der Waals surface area contributed by atoms with Crippen LogP contribution in [0.3, 0.4) is 0 Å². The van der Waals surface area contributed by atoms with Crippen molar-refractivity contribution in [1.82, 2.24) is 0 Å². The number of ether oxygens (including phenoxy) is 1. The van der Waals surface area contributed by atoms with E-state index in [1.165, 1.54) is 0 Å². The predicted octanol–water partition coefficient (Wildman–Crippen LogP) is 1.63. The van der Waals surface area contributed by atoms with Crippen LogP contribution in [0.1, 0.15) is 18.1 Å². The SMILES string of the molecule is Cc1cc(N)c(C)c2c1OC(C)C(=O)N2C. The Kier molecular flexibility index (Phi) is 2.30. The van der Waals surface area contributed by atoms with Gasteiger partial charge in [0.1, 0.15) is 5.75 Å². The molecule has 0 saturated heterocycles. The van der Waals surface area contributed by atoms with Crippen molar-refractivity contribution in [3.63, 3.8) is 0 Å². The molecule has 1 aliphatic rings. The number of amides is 1. The Hall–Kier alpha value is -1.71. The highest BCUT2D eigenvalue weighted by Gasteiger charge is 2.31. The van der Waals surface area contributed by atoms with Gasteiger partial charge in [0.2, 0.25) is 0 Å². The number of anilines is 2.